The highest BCUT2D eigenvalue weighted by Gasteiger charge is 2.12. The minimum Gasteiger partial charge on any atom is -0.324 e. The zero-order valence-corrected chi connectivity index (χ0v) is 8.62. The van der Waals surface area contributed by atoms with Gasteiger partial charge in [-0.1, -0.05) is 20.3 Å². The largest absolute Gasteiger partial charge is 0.324 e. The van der Waals surface area contributed by atoms with Crippen LogP contribution in [0.15, 0.2) is 18.3 Å². The summed E-state index contributed by atoms with van der Waals surface area (Å²) >= 11 is 0. The molecule has 2 nitrogen and oxygen atoms in total. The summed E-state index contributed by atoms with van der Waals surface area (Å²) in [6.45, 7) is 6.34. The average Bonchev–Trinajstić information content (AvgIpc) is 2.15. The zero-order valence-electron chi connectivity index (χ0n) is 8.62. The van der Waals surface area contributed by atoms with Crippen LogP contribution in [0.2, 0.25) is 0 Å². The maximum Gasteiger partial charge on any atom is 0.0375 e. The summed E-state index contributed by atoms with van der Waals surface area (Å²) in [6.07, 6.45) is 2.94. The van der Waals surface area contributed by atoms with Gasteiger partial charge in [-0.15, -0.1) is 0 Å². The molecule has 0 aliphatic carbocycles. The normalized spacial score (nSPS) is 15.4. The first-order chi connectivity index (χ1) is 6.15. The predicted octanol–water partition coefficient (Wildman–Crippen LogP) is 2.44. The maximum absolute atomic E-state index is 6.09. The van der Waals surface area contributed by atoms with Crippen molar-refractivity contribution in [2.45, 2.75) is 33.2 Å². The Hall–Kier alpha value is -0.890. The second-order valence-corrected chi connectivity index (χ2v) is 3.64. The molecule has 0 bridgehead atoms. The molecule has 0 saturated carbocycles. The molecule has 1 heterocycles. The molecule has 1 aromatic heterocycles. The van der Waals surface area contributed by atoms with E-state index in [4.69, 9.17) is 5.73 Å². The van der Waals surface area contributed by atoms with Crippen LogP contribution in [0.25, 0.3) is 0 Å². The van der Waals surface area contributed by atoms with Gasteiger partial charge in [-0.3, -0.25) is 4.98 Å². The number of pyridine rings is 1. The first-order valence-electron chi connectivity index (χ1n) is 4.83. The van der Waals surface area contributed by atoms with Crippen molar-refractivity contribution in [1.82, 2.24) is 4.98 Å². The summed E-state index contributed by atoms with van der Waals surface area (Å²) in [5.41, 5.74) is 8.32. The Morgan fingerprint density at radius 2 is 2.23 bits per heavy atom. The summed E-state index contributed by atoms with van der Waals surface area (Å²) in [5, 5.41) is 0. The van der Waals surface area contributed by atoms with Crippen LogP contribution in [0, 0.1) is 12.8 Å². The molecule has 0 saturated heterocycles. The average molecular weight is 178 g/mol. The van der Waals surface area contributed by atoms with Gasteiger partial charge in [0.05, 0.1) is 0 Å². The van der Waals surface area contributed by atoms with E-state index in [2.05, 4.69) is 24.9 Å². The first kappa shape index (κ1) is 10.2. The van der Waals surface area contributed by atoms with Gasteiger partial charge < -0.3 is 5.73 Å². The van der Waals surface area contributed by atoms with E-state index in [0.717, 1.165) is 12.1 Å². The van der Waals surface area contributed by atoms with Crippen LogP contribution in [0.4, 0.5) is 0 Å². The number of aromatic nitrogens is 1. The molecule has 1 aromatic rings. The topological polar surface area (TPSA) is 38.9 Å². The fraction of sp³-hybridized carbons (Fsp3) is 0.545. The van der Waals surface area contributed by atoms with Gasteiger partial charge in [0.1, 0.15) is 0 Å². The number of aryl methyl sites for hydroxylation is 1. The number of nitrogens with two attached hydrogens (primary N) is 1. The van der Waals surface area contributed by atoms with Crippen LogP contribution in [0.3, 0.4) is 0 Å². The number of hydrogen-bond acceptors (Lipinski definition) is 2. The van der Waals surface area contributed by atoms with Gasteiger partial charge in [-0.2, -0.15) is 0 Å². The van der Waals surface area contributed by atoms with E-state index in [-0.39, 0.29) is 6.04 Å². The lowest BCUT2D eigenvalue weighted by molar-refractivity contribution is 0.456. The lowest BCUT2D eigenvalue weighted by atomic mass is 9.94. The number of hydrogen-bond donors (Lipinski definition) is 1. The summed E-state index contributed by atoms with van der Waals surface area (Å²) in [5.74, 6) is 0.529. The molecule has 0 amide bonds. The van der Waals surface area contributed by atoms with Gasteiger partial charge in [-0.25, -0.2) is 0 Å². The Morgan fingerprint density at radius 3 is 2.77 bits per heavy atom. The summed E-state index contributed by atoms with van der Waals surface area (Å²) in [6, 6.07) is 4.22. The van der Waals surface area contributed by atoms with Crippen LogP contribution in [0.1, 0.15) is 37.6 Å². The highest BCUT2D eigenvalue weighted by molar-refractivity contribution is 5.19. The number of rotatable bonds is 3. The highest BCUT2D eigenvalue weighted by atomic mass is 14.7. The Labute approximate surface area is 80.2 Å². The maximum atomic E-state index is 6.09. The first-order valence-corrected chi connectivity index (χ1v) is 4.83. The molecule has 72 valence electrons. The molecule has 2 N–H and O–H groups in total. The van der Waals surface area contributed by atoms with Crippen LogP contribution in [0.5, 0.6) is 0 Å². The van der Waals surface area contributed by atoms with E-state index in [0.29, 0.717) is 5.92 Å². The third kappa shape index (κ3) is 2.52. The van der Waals surface area contributed by atoms with E-state index >= 15 is 0 Å². The van der Waals surface area contributed by atoms with Gasteiger partial charge in [0.15, 0.2) is 0 Å². The SMILES string of the molecule is CCC(C)C(N)c1ccnc(C)c1. The van der Waals surface area contributed by atoms with E-state index < -0.39 is 0 Å². The monoisotopic (exact) mass is 178 g/mol. The Balaban J connectivity index is 2.82. The van der Waals surface area contributed by atoms with E-state index in [1.807, 2.05) is 19.2 Å². The number of nitrogens with zero attached hydrogens (tertiary/aromatic N) is 1. The van der Waals surface area contributed by atoms with Gasteiger partial charge in [0, 0.05) is 17.9 Å². The van der Waals surface area contributed by atoms with Crippen molar-refractivity contribution in [2.75, 3.05) is 0 Å². The smallest absolute Gasteiger partial charge is 0.0375 e. The van der Waals surface area contributed by atoms with E-state index in [9.17, 15) is 0 Å². The lowest BCUT2D eigenvalue weighted by Gasteiger charge is -2.18. The second kappa shape index (κ2) is 4.38. The molecule has 0 radical (unpaired) electrons. The molecular formula is C11H18N2. The molecule has 13 heavy (non-hydrogen) atoms. The summed E-state index contributed by atoms with van der Waals surface area (Å²) < 4.78 is 0. The van der Waals surface area contributed by atoms with Crippen molar-refractivity contribution in [3.63, 3.8) is 0 Å². The zero-order chi connectivity index (χ0) is 9.84. The molecule has 2 atom stereocenters. The predicted molar refractivity (Wildman–Crippen MR) is 55.4 cm³/mol. The third-order valence-corrected chi connectivity index (χ3v) is 2.56. The second-order valence-electron chi connectivity index (χ2n) is 3.64. The quantitative estimate of drug-likeness (QED) is 0.772. The molecule has 0 aliphatic rings. The summed E-state index contributed by atoms with van der Waals surface area (Å²) in [4.78, 5) is 4.15. The van der Waals surface area contributed by atoms with Gasteiger partial charge in [-0.05, 0) is 30.5 Å². The minimum absolute atomic E-state index is 0.145. The van der Waals surface area contributed by atoms with Crippen molar-refractivity contribution in [3.8, 4) is 0 Å². The molecule has 0 aromatic carbocycles. The van der Waals surface area contributed by atoms with Crippen LogP contribution >= 0.6 is 0 Å². The highest BCUT2D eigenvalue weighted by Crippen LogP contribution is 2.21. The summed E-state index contributed by atoms with van der Waals surface area (Å²) in [7, 11) is 0. The van der Waals surface area contributed by atoms with Crippen molar-refractivity contribution in [3.05, 3.63) is 29.6 Å². The van der Waals surface area contributed by atoms with E-state index in [1.54, 1.807) is 0 Å². The Morgan fingerprint density at radius 1 is 1.54 bits per heavy atom. The van der Waals surface area contributed by atoms with Gasteiger partial charge >= 0.3 is 0 Å². The lowest BCUT2D eigenvalue weighted by Crippen LogP contribution is -2.18. The fourth-order valence-electron chi connectivity index (χ4n) is 1.36. The molecule has 0 aliphatic heterocycles. The molecule has 0 spiro atoms. The molecule has 2 unspecified atom stereocenters. The van der Waals surface area contributed by atoms with Crippen molar-refractivity contribution in [1.29, 1.82) is 0 Å². The third-order valence-electron chi connectivity index (χ3n) is 2.56. The van der Waals surface area contributed by atoms with Crippen molar-refractivity contribution >= 4 is 0 Å². The Kier molecular flexibility index (Phi) is 3.43. The van der Waals surface area contributed by atoms with Crippen molar-refractivity contribution < 1.29 is 0 Å². The van der Waals surface area contributed by atoms with Crippen LogP contribution < -0.4 is 5.73 Å². The molecular weight excluding hydrogens is 160 g/mol. The van der Waals surface area contributed by atoms with E-state index in [1.165, 1.54) is 5.56 Å². The molecule has 1 rings (SSSR count). The molecule has 2 heteroatoms. The fourth-order valence-corrected chi connectivity index (χ4v) is 1.36. The Bertz CT molecular complexity index is 271. The van der Waals surface area contributed by atoms with Crippen LogP contribution in [-0.2, 0) is 0 Å². The van der Waals surface area contributed by atoms with Gasteiger partial charge in [0.25, 0.3) is 0 Å². The minimum atomic E-state index is 0.145. The molecule has 0 fully saturated rings. The van der Waals surface area contributed by atoms with Crippen LogP contribution in [-0.4, -0.2) is 4.98 Å². The van der Waals surface area contributed by atoms with Gasteiger partial charge in [0.2, 0.25) is 0 Å². The van der Waals surface area contributed by atoms with Crippen molar-refractivity contribution in [2.24, 2.45) is 11.7 Å². The standard InChI is InChI=1S/C11H18N2/c1-4-8(2)11(12)10-5-6-13-9(3)7-10/h5-8,11H,4,12H2,1-3H3.